The van der Waals surface area contributed by atoms with Crippen LogP contribution in [0.4, 0.5) is 0 Å². The van der Waals surface area contributed by atoms with Crippen LogP contribution in [0.1, 0.15) is 50.3 Å². The van der Waals surface area contributed by atoms with E-state index >= 15 is 0 Å². The zero-order chi connectivity index (χ0) is 21.6. The SMILES string of the molecule is CCC(C)CC(c1ccccc1)(c1ccc(OC)cc1)c1ccc(OC(C)=O)cc1. The molecule has 0 spiro atoms. The summed E-state index contributed by atoms with van der Waals surface area (Å²) >= 11 is 0. The average molecular weight is 403 g/mol. The number of esters is 1. The number of ether oxygens (including phenoxy) is 2. The van der Waals surface area contributed by atoms with Crippen LogP contribution in [0.3, 0.4) is 0 Å². The number of rotatable bonds is 8. The molecule has 0 amide bonds. The summed E-state index contributed by atoms with van der Waals surface area (Å²) in [5, 5.41) is 0. The molecule has 0 fully saturated rings. The molecule has 0 aliphatic heterocycles. The van der Waals surface area contributed by atoms with Gasteiger partial charge in [0.15, 0.2) is 0 Å². The second-order valence-electron chi connectivity index (χ2n) is 7.84. The molecular weight excluding hydrogens is 372 g/mol. The molecule has 0 aliphatic carbocycles. The Morgan fingerprint density at radius 2 is 1.33 bits per heavy atom. The van der Waals surface area contributed by atoms with Crippen molar-refractivity contribution in [2.75, 3.05) is 7.11 Å². The second-order valence-corrected chi connectivity index (χ2v) is 7.84. The highest BCUT2D eigenvalue weighted by molar-refractivity contribution is 5.69. The van der Waals surface area contributed by atoms with Crippen molar-refractivity contribution in [1.29, 1.82) is 0 Å². The van der Waals surface area contributed by atoms with Gasteiger partial charge in [-0.25, -0.2) is 0 Å². The van der Waals surface area contributed by atoms with E-state index in [4.69, 9.17) is 9.47 Å². The first kappa shape index (κ1) is 21.6. The highest BCUT2D eigenvalue weighted by Crippen LogP contribution is 2.45. The van der Waals surface area contributed by atoms with Crippen LogP contribution >= 0.6 is 0 Å². The summed E-state index contributed by atoms with van der Waals surface area (Å²) < 4.78 is 10.7. The van der Waals surface area contributed by atoms with E-state index in [1.54, 1.807) is 7.11 Å². The zero-order valence-corrected chi connectivity index (χ0v) is 18.2. The maximum absolute atomic E-state index is 11.3. The van der Waals surface area contributed by atoms with Crippen LogP contribution in [0.15, 0.2) is 78.9 Å². The molecular formula is C27H30O3. The van der Waals surface area contributed by atoms with Gasteiger partial charge in [-0.3, -0.25) is 4.79 Å². The Hall–Kier alpha value is -3.07. The fraction of sp³-hybridized carbons (Fsp3) is 0.296. The average Bonchev–Trinajstić information content (AvgIpc) is 2.78. The van der Waals surface area contributed by atoms with Crippen LogP contribution in [-0.2, 0) is 10.2 Å². The smallest absolute Gasteiger partial charge is 0.308 e. The van der Waals surface area contributed by atoms with E-state index in [2.05, 4.69) is 68.4 Å². The van der Waals surface area contributed by atoms with E-state index < -0.39 is 0 Å². The standard InChI is InChI=1S/C27H30O3/c1-5-20(2)19-27(22-9-7-6-8-10-22,23-11-15-25(29-4)16-12-23)24-13-17-26(18-14-24)30-21(3)28/h6-18,20H,5,19H2,1-4H3. The summed E-state index contributed by atoms with van der Waals surface area (Å²) in [5.41, 5.74) is 3.32. The summed E-state index contributed by atoms with van der Waals surface area (Å²) in [7, 11) is 1.69. The maximum Gasteiger partial charge on any atom is 0.308 e. The Bertz CT molecular complexity index is 946. The Morgan fingerprint density at radius 1 is 0.833 bits per heavy atom. The number of benzene rings is 3. The molecule has 2 unspecified atom stereocenters. The van der Waals surface area contributed by atoms with Crippen molar-refractivity contribution in [2.45, 2.75) is 39.0 Å². The fourth-order valence-electron chi connectivity index (χ4n) is 4.09. The lowest BCUT2D eigenvalue weighted by Crippen LogP contribution is -2.31. The Morgan fingerprint density at radius 3 is 1.80 bits per heavy atom. The van der Waals surface area contributed by atoms with Crippen LogP contribution in [-0.4, -0.2) is 13.1 Å². The zero-order valence-electron chi connectivity index (χ0n) is 18.2. The number of hydrogen-bond donors (Lipinski definition) is 0. The van der Waals surface area contributed by atoms with Gasteiger partial charge in [-0.15, -0.1) is 0 Å². The summed E-state index contributed by atoms with van der Waals surface area (Å²) in [6.07, 6.45) is 2.06. The molecule has 3 aromatic carbocycles. The molecule has 0 saturated carbocycles. The molecule has 156 valence electrons. The van der Waals surface area contributed by atoms with Crippen molar-refractivity contribution in [2.24, 2.45) is 5.92 Å². The van der Waals surface area contributed by atoms with Gasteiger partial charge in [0.2, 0.25) is 0 Å². The van der Waals surface area contributed by atoms with Crippen LogP contribution in [0.5, 0.6) is 11.5 Å². The maximum atomic E-state index is 11.3. The van der Waals surface area contributed by atoms with Gasteiger partial charge < -0.3 is 9.47 Å². The molecule has 2 atom stereocenters. The van der Waals surface area contributed by atoms with Crippen LogP contribution < -0.4 is 9.47 Å². The van der Waals surface area contributed by atoms with Crippen molar-refractivity contribution in [3.05, 3.63) is 95.6 Å². The molecule has 0 radical (unpaired) electrons. The van der Waals surface area contributed by atoms with Gasteiger partial charge in [0, 0.05) is 12.3 Å². The van der Waals surface area contributed by atoms with Crippen LogP contribution in [0.25, 0.3) is 0 Å². The van der Waals surface area contributed by atoms with Crippen molar-refractivity contribution in [3.63, 3.8) is 0 Å². The molecule has 0 heterocycles. The van der Waals surface area contributed by atoms with Crippen LogP contribution in [0, 0.1) is 5.92 Å². The third-order valence-corrected chi connectivity index (χ3v) is 5.81. The molecule has 3 rings (SSSR count). The van der Waals surface area contributed by atoms with Gasteiger partial charge in [0.05, 0.1) is 7.11 Å². The third-order valence-electron chi connectivity index (χ3n) is 5.81. The summed E-state index contributed by atoms with van der Waals surface area (Å²) in [6, 6.07) is 26.9. The minimum Gasteiger partial charge on any atom is -0.497 e. The van der Waals surface area contributed by atoms with E-state index in [0.29, 0.717) is 11.7 Å². The predicted octanol–water partition coefficient (Wildman–Crippen LogP) is 6.39. The third kappa shape index (κ3) is 4.56. The van der Waals surface area contributed by atoms with Gasteiger partial charge >= 0.3 is 5.97 Å². The van der Waals surface area contributed by atoms with Gasteiger partial charge in [0.1, 0.15) is 11.5 Å². The van der Waals surface area contributed by atoms with Gasteiger partial charge in [-0.2, -0.15) is 0 Å². The molecule has 3 nitrogen and oxygen atoms in total. The lowest BCUT2D eigenvalue weighted by atomic mass is 9.65. The minimum absolute atomic E-state index is 0.313. The van der Waals surface area contributed by atoms with Gasteiger partial charge in [-0.1, -0.05) is 74.9 Å². The number of carbonyl (C=O) groups excluding carboxylic acids is 1. The normalized spacial score (nSPS) is 13.9. The van der Waals surface area contributed by atoms with Crippen molar-refractivity contribution in [3.8, 4) is 11.5 Å². The first-order chi connectivity index (χ1) is 14.5. The van der Waals surface area contributed by atoms with E-state index in [1.165, 1.54) is 23.6 Å². The predicted molar refractivity (Wildman–Crippen MR) is 121 cm³/mol. The molecule has 0 N–H and O–H groups in total. The largest absolute Gasteiger partial charge is 0.497 e. The van der Waals surface area contributed by atoms with Gasteiger partial charge in [-0.05, 0) is 53.3 Å². The fourth-order valence-corrected chi connectivity index (χ4v) is 4.09. The molecule has 0 bridgehead atoms. The summed E-state index contributed by atoms with van der Waals surface area (Å²) in [5.74, 6) is 1.60. The van der Waals surface area contributed by atoms with Crippen molar-refractivity contribution < 1.29 is 14.3 Å². The molecule has 0 aromatic heterocycles. The molecule has 0 aliphatic rings. The Kier molecular flexibility index (Phi) is 6.94. The number of methoxy groups -OCH3 is 1. The number of hydrogen-bond acceptors (Lipinski definition) is 3. The molecule has 3 heteroatoms. The first-order valence-corrected chi connectivity index (χ1v) is 10.5. The summed E-state index contributed by atoms with van der Waals surface area (Å²) in [4.78, 5) is 11.3. The van der Waals surface area contributed by atoms with E-state index in [9.17, 15) is 4.79 Å². The lowest BCUT2D eigenvalue weighted by molar-refractivity contribution is -0.131. The van der Waals surface area contributed by atoms with Gasteiger partial charge in [0.25, 0.3) is 0 Å². The number of carbonyl (C=O) groups is 1. The molecule has 3 aromatic rings. The Balaban J connectivity index is 2.22. The Labute approximate surface area is 179 Å². The van der Waals surface area contributed by atoms with Crippen molar-refractivity contribution in [1.82, 2.24) is 0 Å². The van der Waals surface area contributed by atoms with Crippen LogP contribution in [0.2, 0.25) is 0 Å². The van der Waals surface area contributed by atoms with E-state index in [0.717, 1.165) is 18.6 Å². The lowest BCUT2D eigenvalue weighted by Gasteiger charge is -2.38. The minimum atomic E-state index is -0.322. The molecule has 0 saturated heterocycles. The highest BCUT2D eigenvalue weighted by atomic mass is 16.5. The monoisotopic (exact) mass is 402 g/mol. The second kappa shape index (κ2) is 9.62. The van der Waals surface area contributed by atoms with E-state index in [1.807, 2.05) is 24.3 Å². The van der Waals surface area contributed by atoms with E-state index in [-0.39, 0.29) is 11.4 Å². The topological polar surface area (TPSA) is 35.5 Å². The summed E-state index contributed by atoms with van der Waals surface area (Å²) in [6.45, 7) is 5.95. The quantitative estimate of drug-likeness (QED) is 0.249. The van der Waals surface area contributed by atoms with Crippen molar-refractivity contribution >= 4 is 5.97 Å². The first-order valence-electron chi connectivity index (χ1n) is 10.5. The molecule has 30 heavy (non-hydrogen) atoms. The highest BCUT2D eigenvalue weighted by Gasteiger charge is 2.37.